The molecule has 3 aromatic heterocycles. The summed E-state index contributed by atoms with van der Waals surface area (Å²) in [4.78, 5) is 69.7. The molecule has 5 N–H and O–H groups in total. The van der Waals surface area contributed by atoms with Gasteiger partial charge in [-0.15, -0.1) is 11.3 Å². The molecule has 2 aliphatic rings. The van der Waals surface area contributed by atoms with Crippen molar-refractivity contribution >= 4 is 45.3 Å². The van der Waals surface area contributed by atoms with Gasteiger partial charge in [-0.3, -0.25) is 19.4 Å². The Morgan fingerprint density at radius 2 is 1.80 bits per heavy atom. The predicted molar refractivity (Wildman–Crippen MR) is 194 cm³/mol. The lowest BCUT2D eigenvalue weighted by Crippen LogP contribution is -2.61. The number of ether oxygens (including phenoxy) is 1. The molecule has 3 aromatic rings. The number of aromatic nitrogens is 3. The van der Waals surface area contributed by atoms with Crippen LogP contribution < -0.4 is 26.0 Å². The van der Waals surface area contributed by atoms with Crippen LogP contribution in [0.5, 0.6) is 5.88 Å². The fourth-order valence-corrected chi connectivity index (χ4v) is 6.74. The first kappa shape index (κ1) is 37.9. The van der Waals surface area contributed by atoms with Gasteiger partial charge in [-0.1, -0.05) is 40.2 Å². The van der Waals surface area contributed by atoms with Crippen LogP contribution in [0.1, 0.15) is 80.6 Å². The van der Waals surface area contributed by atoms with Crippen molar-refractivity contribution in [1.82, 2.24) is 41.1 Å². The number of nitrogens with one attached hydrogen (secondary N) is 4. The van der Waals surface area contributed by atoms with E-state index in [-0.39, 0.29) is 19.0 Å². The Morgan fingerprint density at radius 3 is 2.43 bits per heavy atom. The van der Waals surface area contributed by atoms with Crippen molar-refractivity contribution in [3.05, 3.63) is 35.8 Å². The first-order chi connectivity index (χ1) is 24.0. The summed E-state index contributed by atoms with van der Waals surface area (Å²) >= 11 is 1.41. The van der Waals surface area contributed by atoms with Gasteiger partial charge in [0.25, 0.3) is 5.91 Å². The van der Waals surface area contributed by atoms with Crippen molar-refractivity contribution in [2.75, 3.05) is 6.54 Å². The predicted octanol–water partition coefficient (Wildman–Crippen LogP) is 3.54. The quantitative estimate of drug-likeness (QED) is 0.186. The Kier molecular flexibility index (Phi) is 11.5. The number of nitrogens with zero attached hydrogens (tertiary/aromatic N) is 4. The van der Waals surface area contributed by atoms with Gasteiger partial charge in [0.05, 0.1) is 18.1 Å². The van der Waals surface area contributed by atoms with Crippen molar-refractivity contribution in [3.63, 3.8) is 0 Å². The average Bonchev–Trinajstić information content (AvgIpc) is 3.56. The molecule has 1 aliphatic carbocycles. The summed E-state index contributed by atoms with van der Waals surface area (Å²) in [6.45, 7) is 13.0. The fraction of sp³-hybridized carbons (Fsp3) is 0.583. The Hall–Kier alpha value is -4.37. The number of fused-ring (bicyclic) bond motifs is 1. The summed E-state index contributed by atoms with van der Waals surface area (Å²) in [6.07, 6.45) is 2.27. The van der Waals surface area contributed by atoms with Gasteiger partial charge in [0.15, 0.2) is 11.9 Å². The third-order valence-electron chi connectivity index (χ3n) is 8.67. The number of aliphatic hydroxyl groups excluding tert-OH is 1. The first-order valence-corrected chi connectivity index (χ1v) is 18.4. The SMILES string of the molecule is CCC[C@H](NC(=O)[C@@H]1C[C@@H](Oc2nc(-c3ccccn3)nc3ccsc23)CN1C(=O)C(NC(=O)NC(C)(C)C)C(C)(C)C)C(O)C(=O)NC1CC1. The number of hydrogen-bond donors (Lipinski definition) is 5. The maximum absolute atomic E-state index is 14.5. The summed E-state index contributed by atoms with van der Waals surface area (Å²) in [5, 5.41) is 24.2. The smallest absolute Gasteiger partial charge is 0.315 e. The third kappa shape index (κ3) is 9.70. The van der Waals surface area contributed by atoms with Crippen LogP contribution in [-0.4, -0.2) is 97.2 Å². The minimum Gasteiger partial charge on any atom is -0.471 e. The number of pyridine rings is 1. The van der Waals surface area contributed by atoms with Gasteiger partial charge in [0.1, 0.15) is 28.6 Å². The number of thiophene rings is 1. The molecule has 0 radical (unpaired) electrons. The van der Waals surface area contributed by atoms with Crippen LogP contribution in [0.15, 0.2) is 35.8 Å². The largest absolute Gasteiger partial charge is 0.471 e. The van der Waals surface area contributed by atoms with Crippen LogP contribution in [0.3, 0.4) is 0 Å². The van der Waals surface area contributed by atoms with Gasteiger partial charge in [0.2, 0.25) is 17.7 Å². The second kappa shape index (κ2) is 15.5. The zero-order valence-corrected chi connectivity index (χ0v) is 31.2. The van der Waals surface area contributed by atoms with Gasteiger partial charge in [-0.25, -0.2) is 9.78 Å². The number of carbonyl (C=O) groups excluding carboxylic acids is 4. The summed E-state index contributed by atoms with van der Waals surface area (Å²) < 4.78 is 7.23. The standard InChI is InChI=1S/C36H50N8O6S/c1-8-11-22(26(45)31(47)38-20-13-14-20)40-30(46)25-18-21(19-44(25)33(48)28(35(2,3)4)41-34(49)43-36(5,6)7)50-32-27-23(15-17-51-27)39-29(42-32)24-12-9-10-16-37-24/h9-10,12,15-17,20-22,25-26,28,45H,8,11,13-14,18-19H2,1-7H3,(H,38,47)(H,40,46)(H2,41,43,49)/t21-,22+,25+,26?,28?/m1/s1. The van der Waals surface area contributed by atoms with E-state index in [2.05, 4.69) is 31.2 Å². The molecular formula is C36H50N8O6S. The molecular weight excluding hydrogens is 673 g/mol. The molecule has 51 heavy (non-hydrogen) atoms. The van der Waals surface area contributed by atoms with Crippen molar-refractivity contribution in [2.45, 2.75) is 122 Å². The molecule has 1 saturated heterocycles. The van der Waals surface area contributed by atoms with Crippen molar-refractivity contribution in [2.24, 2.45) is 5.41 Å². The Labute approximate surface area is 302 Å². The highest BCUT2D eigenvalue weighted by Crippen LogP contribution is 2.34. The van der Waals surface area contributed by atoms with E-state index in [1.54, 1.807) is 18.3 Å². The van der Waals surface area contributed by atoms with E-state index < -0.39 is 65.0 Å². The molecule has 5 atom stereocenters. The number of hydrogen-bond acceptors (Lipinski definition) is 10. The average molecular weight is 723 g/mol. The molecule has 1 aliphatic heterocycles. The van der Waals surface area contributed by atoms with E-state index in [0.29, 0.717) is 40.5 Å². The van der Waals surface area contributed by atoms with E-state index in [1.165, 1.54) is 16.2 Å². The molecule has 276 valence electrons. The van der Waals surface area contributed by atoms with E-state index in [1.807, 2.05) is 66.0 Å². The molecule has 0 bridgehead atoms. The molecule has 2 fully saturated rings. The maximum Gasteiger partial charge on any atom is 0.315 e. The lowest BCUT2D eigenvalue weighted by molar-refractivity contribution is -0.143. The summed E-state index contributed by atoms with van der Waals surface area (Å²) in [5.74, 6) is -0.850. The number of amides is 5. The van der Waals surface area contributed by atoms with Crippen molar-refractivity contribution in [1.29, 1.82) is 0 Å². The lowest BCUT2D eigenvalue weighted by Gasteiger charge is -2.36. The van der Waals surface area contributed by atoms with E-state index in [9.17, 15) is 24.3 Å². The van der Waals surface area contributed by atoms with Crippen LogP contribution in [0, 0.1) is 5.41 Å². The summed E-state index contributed by atoms with van der Waals surface area (Å²) in [5.41, 5.74) is -0.0467. The zero-order valence-electron chi connectivity index (χ0n) is 30.4. The summed E-state index contributed by atoms with van der Waals surface area (Å²) in [6, 6.07) is 3.92. The van der Waals surface area contributed by atoms with Crippen molar-refractivity contribution < 1.29 is 29.0 Å². The van der Waals surface area contributed by atoms with Crippen LogP contribution >= 0.6 is 11.3 Å². The molecule has 14 nitrogen and oxygen atoms in total. The molecule has 15 heteroatoms. The summed E-state index contributed by atoms with van der Waals surface area (Å²) in [7, 11) is 0. The minimum absolute atomic E-state index is 0.0189. The monoisotopic (exact) mass is 722 g/mol. The molecule has 2 unspecified atom stereocenters. The zero-order chi connectivity index (χ0) is 37.1. The molecule has 1 saturated carbocycles. The topological polar surface area (TPSA) is 188 Å². The molecule has 5 rings (SSSR count). The van der Waals surface area contributed by atoms with Gasteiger partial charge >= 0.3 is 6.03 Å². The highest BCUT2D eigenvalue weighted by molar-refractivity contribution is 7.17. The Bertz CT molecular complexity index is 1720. The second-order valence-corrected chi connectivity index (χ2v) is 16.4. The third-order valence-corrected chi connectivity index (χ3v) is 9.56. The molecule has 5 amide bonds. The number of aliphatic hydroxyl groups is 1. The van der Waals surface area contributed by atoms with Gasteiger partial charge < -0.3 is 36.0 Å². The Morgan fingerprint density at radius 1 is 1.06 bits per heavy atom. The Balaban J connectivity index is 1.44. The lowest BCUT2D eigenvalue weighted by atomic mass is 9.85. The maximum atomic E-state index is 14.5. The first-order valence-electron chi connectivity index (χ1n) is 17.5. The van der Waals surface area contributed by atoms with Gasteiger partial charge in [0, 0.05) is 24.2 Å². The number of likely N-dealkylation sites (tertiary alicyclic amines) is 1. The molecule has 0 spiro atoms. The fourth-order valence-electron chi connectivity index (χ4n) is 5.98. The number of urea groups is 1. The second-order valence-electron chi connectivity index (χ2n) is 15.5. The van der Waals surface area contributed by atoms with E-state index >= 15 is 0 Å². The van der Waals surface area contributed by atoms with Gasteiger partial charge in [-0.05, 0) is 69.0 Å². The van der Waals surface area contributed by atoms with Gasteiger partial charge in [-0.2, -0.15) is 4.98 Å². The number of carbonyl (C=O) groups is 4. The highest BCUT2D eigenvalue weighted by atomic mass is 32.1. The molecule has 4 heterocycles. The number of rotatable bonds is 12. The highest BCUT2D eigenvalue weighted by Gasteiger charge is 2.47. The van der Waals surface area contributed by atoms with Crippen LogP contribution in [0.2, 0.25) is 0 Å². The van der Waals surface area contributed by atoms with Crippen LogP contribution in [0.25, 0.3) is 21.7 Å². The van der Waals surface area contributed by atoms with Crippen LogP contribution in [-0.2, 0) is 14.4 Å². The normalized spacial score (nSPS) is 19.6. The molecule has 0 aromatic carbocycles. The van der Waals surface area contributed by atoms with E-state index in [4.69, 9.17) is 9.72 Å². The van der Waals surface area contributed by atoms with E-state index in [0.717, 1.165) is 12.8 Å². The van der Waals surface area contributed by atoms with Crippen molar-refractivity contribution in [3.8, 4) is 17.4 Å². The minimum atomic E-state index is -1.46. The van der Waals surface area contributed by atoms with Crippen LogP contribution in [0.4, 0.5) is 4.79 Å².